The Hall–Kier alpha value is -2.79. The standard InChI is InChI=1S/C28H31NO4/c1-27-13-11-22-21-10-6-19(30)15-18(21)5-9-23(22)24(27)12-14-28(27,31)26-16-25(29-33-26)17-3-7-20(32-2)8-4-17/h3-4,6-8,10,15-16,22-24,30-31H,5,9,11-14H2,1-2H3/t22-,23-,24+,27+,28-/m1/s1. The Kier molecular flexibility index (Phi) is 4.64. The average Bonchev–Trinajstić information content (AvgIpc) is 3.43. The van der Waals surface area contributed by atoms with Gasteiger partial charge in [0, 0.05) is 17.0 Å². The predicted molar refractivity (Wildman–Crippen MR) is 125 cm³/mol. The van der Waals surface area contributed by atoms with Gasteiger partial charge in [-0.15, -0.1) is 0 Å². The molecule has 5 heteroatoms. The molecule has 1 heterocycles. The molecule has 2 fully saturated rings. The lowest BCUT2D eigenvalue weighted by Crippen LogP contribution is -2.49. The zero-order valence-corrected chi connectivity index (χ0v) is 19.3. The van der Waals surface area contributed by atoms with Crippen molar-refractivity contribution in [3.63, 3.8) is 0 Å². The van der Waals surface area contributed by atoms with Crippen molar-refractivity contribution in [3.8, 4) is 22.8 Å². The Labute approximate surface area is 194 Å². The Bertz CT molecular complexity index is 1180. The third-order valence-corrected chi connectivity index (χ3v) is 9.17. The van der Waals surface area contributed by atoms with Crippen LogP contribution in [0.4, 0.5) is 0 Å². The van der Waals surface area contributed by atoms with Crippen molar-refractivity contribution in [3.05, 3.63) is 65.4 Å². The van der Waals surface area contributed by atoms with E-state index >= 15 is 0 Å². The molecule has 3 aliphatic rings. The van der Waals surface area contributed by atoms with Crippen LogP contribution in [-0.4, -0.2) is 22.5 Å². The topological polar surface area (TPSA) is 75.7 Å². The minimum atomic E-state index is -1.00. The molecular formula is C28H31NO4. The Morgan fingerprint density at radius 1 is 1.03 bits per heavy atom. The molecule has 2 N–H and O–H groups in total. The van der Waals surface area contributed by atoms with Crippen LogP contribution in [0.15, 0.2) is 53.1 Å². The quantitative estimate of drug-likeness (QED) is 0.533. The SMILES string of the molecule is COc1ccc(-c2cc([C@]3(O)CC[C@H]4[C@@H]5CCc6cc(O)ccc6[C@H]5CC[C@@]43C)on2)cc1. The van der Waals surface area contributed by atoms with Crippen LogP contribution in [-0.2, 0) is 12.0 Å². The van der Waals surface area contributed by atoms with E-state index < -0.39 is 5.60 Å². The molecule has 5 atom stereocenters. The summed E-state index contributed by atoms with van der Waals surface area (Å²) in [5.41, 5.74) is 3.16. The van der Waals surface area contributed by atoms with E-state index in [1.165, 1.54) is 11.1 Å². The zero-order valence-electron chi connectivity index (χ0n) is 19.3. The molecule has 0 unspecified atom stereocenters. The summed E-state index contributed by atoms with van der Waals surface area (Å²) in [6, 6.07) is 15.6. The number of benzene rings is 2. The van der Waals surface area contributed by atoms with Gasteiger partial charge in [0.05, 0.1) is 7.11 Å². The number of nitrogens with zero attached hydrogens (tertiary/aromatic N) is 1. The summed E-state index contributed by atoms with van der Waals surface area (Å²) >= 11 is 0. The Balaban J connectivity index is 1.31. The van der Waals surface area contributed by atoms with E-state index in [1.54, 1.807) is 7.11 Å². The lowest BCUT2D eigenvalue weighted by Gasteiger charge is -2.52. The highest BCUT2D eigenvalue weighted by atomic mass is 16.5. The predicted octanol–water partition coefficient (Wildman–Crippen LogP) is 5.80. The number of aromatic nitrogens is 1. The summed E-state index contributed by atoms with van der Waals surface area (Å²) in [4.78, 5) is 0. The molecule has 0 amide bonds. The number of rotatable bonds is 3. The number of aliphatic hydroxyl groups is 1. The van der Waals surface area contributed by atoms with Gasteiger partial charge < -0.3 is 19.5 Å². The van der Waals surface area contributed by atoms with Crippen molar-refractivity contribution < 1.29 is 19.5 Å². The molecule has 0 saturated heterocycles. The molecule has 6 rings (SSSR count). The summed E-state index contributed by atoms with van der Waals surface area (Å²) < 4.78 is 11.1. The molecule has 3 aliphatic carbocycles. The molecule has 33 heavy (non-hydrogen) atoms. The van der Waals surface area contributed by atoms with Crippen LogP contribution in [0.25, 0.3) is 11.3 Å². The minimum absolute atomic E-state index is 0.237. The van der Waals surface area contributed by atoms with Gasteiger partial charge in [-0.1, -0.05) is 18.1 Å². The fraction of sp³-hybridized carbons (Fsp3) is 0.464. The summed E-state index contributed by atoms with van der Waals surface area (Å²) in [6.07, 6.45) is 5.83. The van der Waals surface area contributed by atoms with E-state index in [2.05, 4.69) is 18.1 Å². The van der Waals surface area contributed by atoms with Crippen molar-refractivity contribution in [2.45, 2.75) is 57.0 Å². The van der Waals surface area contributed by atoms with Gasteiger partial charge >= 0.3 is 0 Å². The van der Waals surface area contributed by atoms with E-state index in [1.807, 2.05) is 42.5 Å². The highest BCUT2D eigenvalue weighted by Crippen LogP contribution is 2.67. The largest absolute Gasteiger partial charge is 0.508 e. The number of phenols is 1. The number of hydrogen-bond donors (Lipinski definition) is 2. The normalized spacial score (nSPS) is 32.6. The summed E-state index contributed by atoms with van der Waals surface area (Å²) in [5.74, 6) is 3.27. The van der Waals surface area contributed by atoms with Gasteiger partial charge in [-0.25, -0.2) is 0 Å². The minimum Gasteiger partial charge on any atom is -0.508 e. The monoisotopic (exact) mass is 445 g/mol. The van der Waals surface area contributed by atoms with E-state index in [0.717, 1.165) is 49.1 Å². The third kappa shape index (κ3) is 2.98. The Morgan fingerprint density at radius 2 is 1.85 bits per heavy atom. The maximum absolute atomic E-state index is 12.1. The lowest BCUT2D eigenvalue weighted by molar-refractivity contribution is -0.122. The number of fused-ring (bicyclic) bond motifs is 5. The molecule has 0 spiro atoms. The van der Waals surface area contributed by atoms with E-state index in [-0.39, 0.29) is 5.41 Å². The van der Waals surface area contributed by atoms with Crippen molar-refractivity contribution in [2.24, 2.45) is 17.3 Å². The van der Waals surface area contributed by atoms with Gasteiger partial charge in [0.2, 0.25) is 0 Å². The average molecular weight is 446 g/mol. The number of methoxy groups -OCH3 is 1. The van der Waals surface area contributed by atoms with Crippen molar-refractivity contribution >= 4 is 0 Å². The molecule has 1 aromatic heterocycles. The van der Waals surface area contributed by atoms with Crippen LogP contribution in [0.5, 0.6) is 11.5 Å². The molecule has 0 bridgehead atoms. The van der Waals surface area contributed by atoms with Crippen LogP contribution in [0.1, 0.15) is 61.8 Å². The Morgan fingerprint density at radius 3 is 2.64 bits per heavy atom. The van der Waals surface area contributed by atoms with Gasteiger partial charge in [0.1, 0.15) is 22.8 Å². The number of aryl methyl sites for hydroxylation is 1. The first kappa shape index (κ1) is 20.8. The van der Waals surface area contributed by atoms with E-state index in [4.69, 9.17) is 9.26 Å². The summed E-state index contributed by atoms with van der Waals surface area (Å²) in [5, 5.41) is 26.3. The summed E-state index contributed by atoms with van der Waals surface area (Å²) in [7, 11) is 1.65. The smallest absolute Gasteiger partial charge is 0.169 e. The zero-order chi connectivity index (χ0) is 22.8. The molecule has 2 aromatic carbocycles. The maximum atomic E-state index is 12.1. The fourth-order valence-corrected chi connectivity index (χ4v) is 7.36. The maximum Gasteiger partial charge on any atom is 0.169 e. The van der Waals surface area contributed by atoms with Crippen LogP contribution < -0.4 is 4.74 Å². The molecule has 5 nitrogen and oxygen atoms in total. The lowest BCUT2D eigenvalue weighted by atomic mass is 9.53. The van der Waals surface area contributed by atoms with Crippen LogP contribution in [0, 0.1) is 17.3 Å². The second-order valence-electron chi connectivity index (χ2n) is 10.5. The molecule has 3 aromatic rings. The molecule has 172 valence electrons. The number of hydrogen-bond acceptors (Lipinski definition) is 5. The van der Waals surface area contributed by atoms with Gasteiger partial charge in [0.25, 0.3) is 0 Å². The first-order valence-electron chi connectivity index (χ1n) is 12.1. The van der Waals surface area contributed by atoms with Crippen molar-refractivity contribution in [2.75, 3.05) is 7.11 Å². The summed E-state index contributed by atoms with van der Waals surface area (Å²) in [6.45, 7) is 2.27. The van der Waals surface area contributed by atoms with Gasteiger partial charge in [-0.3, -0.25) is 0 Å². The van der Waals surface area contributed by atoms with Gasteiger partial charge in [-0.2, -0.15) is 0 Å². The van der Waals surface area contributed by atoms with Crippen molar-refractivity contribution in [1.29, 1.82) is 0 Å². The second-order valence-corrected chi connectivity index (χ2v) is 10.5. The molecular weight excluding hydrogens is 414 g/mol. The van der Waals surface area contributed by atoms with E-state index in [0.29, 0.717) is 35.7 Å². The van der Waals surface area contributed by atoms with Crippen LogP contribution >= 0.6 is 0 Å². The van der Waals surface area contributed by atoms with Crippen LogP contribution in [0.2, 0.25) is 0 Å². The molecule has 2 saturated carbocycles. The third-order valence-electron chi connectivity index (χ3n) is 9.17. The second kappa shape index (κ2) is 7.36. The molecule has 0 aliphatic heterocycles. The van der Waals surface area contributed by atoms with Gasteiger partial charge in [0.15, 0.2) is 5.76 Å². The first-order chi connectivity index (χ1) is 15.9. The van der Waals surface area contributed by atoms with Crippen LogP contribution in [0.3, 0.4) is 0 Å². The molecule has 0 radical (unpaired) electrons. The van der Waals surface area contributed by atoms with Gasteiger partial charge in [-0.05, 0) is 104 Å². The number of ether oxygens (including phenoxy) is 1. The highest BCUT2D eigenvalue weighted by Gasteiger charge is 2.63. The number of phenolic OH excluding ortho intramolecular Hbond substituents is 1. The fourth-order valence-electron chi connectivity index (χ4n) is 7.36. The number of aromatic hydroxyl groups is 1. The highest BCUT2D eigenvalue weighted by molar-refractivity contribution is 5.60. The van der Waals surface area contributed by atoms with E-state index in [9.17, 15) is 10.2 Å². The first-order valence-corrected chi connectivity index (χ1v) is 12.1. The van der Waals surface area contributed by atoms with Crippen molar-refractivity contribution in [1.82, 2.24) is 5.16 Å².